The second kappa shape index (κ2) is 8.33. The predicted octanol–water partition coefficient (Wildman–Crippen LogP) is 7.46. The average Bonchev–Trinajstić information content (AvgIpc) is 2.60. The molecule has 0 aliphatic heterocycles. The summed E-state index contributed by atoms with van der Waals surface area (Å²) in [6.45, 7) is 4.53. The Labute approximate surface area is 146 Å². The molecule has 0 amide bonds. The molecule has 0 aliphatic carbocycles. The van der Waals surface area contributed by atoms with Crippen molar-refractivity contribution < 1.29 is 0 Å². The number of benzene rings is 3. The van der Waals surface area contributed by atoms with E-state index in [1.807, 2.05) is 0 Å². The molecule has 0 radical (unpaired) electrons. The van der Waals surface area contributed by atoms with Crippen LogP contribution in [-0.4, -0.2) is 0 Å². The topological polar surface area (TPSA) is 0 Å². The lowest BCUT2D eigenvalue weighted by Crippen LogP contribution is -1.88. The molecule has 0 nitrogen and oxygen atoms in total. The summed E-state index contributed by atoms with van der Waals surface area (Å²) in [5.41, 5.74) is 2.96. The Morgan fingerprint density at radius 2 is 0.958 bits per heavy atom. The van der Waals surface area contributed by atoms with Crippen LogP contribution in [0.15, 0.2) is 48.5 Å². The van der Waals surface area contributed by atoms with Gasteiger partial charge in [0.25, 0.3) is 0 Å². The van der Waals surface area contributed by atoms with Gasteiger partial charge in [-0.15, -0.1) is 0 Å². The van der Waals surface area contributed by atoms with Crippen molar-refractivity contribution in [1.29, 1.82) is 0 Å². The number of hydrogen-bond acceptors (Lipinski definition) is 0. The fourth-order valence-corrected chi connectivity index (χ4v) is 3.57. The number of fused-ring (bicyclic) bond motifs is 2. The second-order valence-corrected chi connectivity index (χ2v) is 7.13. The van der Waals surface area contributed by atoms with Crippen LogP contribution in [0.1, 0.15) is 63.5 Å². The molecule has 126 valence electrons. The van der Waals surface area contributed by atoms with E-state index in [2.05, 4.69) is 62.4 Å². The number of hydrogen-bond donors (Lipinski definition) is 0. The smallest absolute Gasteiger partial charge is 0.0175 e. The van der Waals surface area contributed by atoms with Crippen molar-refractivity contribution in [2.24, 2.45) is 0 Å². The summed E-state index contributed by atoms with van der Waals surface area (Å²) < 4.78 is 0. The predicted molar refractivity (Wildman–Crippen MR) is 108 cm³/mol. The first kappa shape index (κ1) is 17.0. The van der Waals surface area contributed by atoms with E-state index in [4.69, 9.17) is 0 Å². The van der Waals surface area contributed by atoms with E-state index in [1.165, 1.54) is 84.0 Å². The van der Waals surface area contributed by atoms with E-state index in [-0.39, 0.29) is 0 Å². The van der Waals surface area contributed by atoms with Crippen molar-refractivity contribution in [2.75, 3.05) is 0 Å². The van der Waals surface area contributed by atoms with Gasteiger partial charge in [0.05, 0.1) is 0 Å². The van der Waals surface area contributed by atoms with Crippen LogP contribution in [0.3, 0.4) is 0 Å². The molecule has 0 heterocycles. The lowest BCUT2D eigenvalue weighted by molar-refractivity contribution is 0.718. The Balaban J connectivity index is 1.85. The average molecular weight is 319 g/mol. The molecular formula is C24H30. The molecule has 0 saturated carbocycles. The fraction of sp³-hybridized carbons (Fsp3) is 0.417. The van der Waals surface area contributed by atoms with Crippen LogP contribution in [0.4, 0.5) is 0 Å². The largest absolute Gasteiger partial charge is 0.0654 e. The van der Waals surface area contributed by atoms with E-state index >= 15 is 0 Å². The Kier molecular flexibility index (Phi) is 5.91. The molecule has 0 unspecified atom stereocenters. The minimum Gasteiger partial charge on any atom is -0.0654 e. The summed E-state index contributed by atoms with van der Waals surface area (Å²) in [4.78, 5) is 0. The molecule has 24 heavy (non-hydrogen) atoms. The first-order chi connectivity index (χ1) is 11.8. The zero-order chi connectivity index (χ0) is 16.8. The molecule has 0 aliphatic rings. The summed E-state index contributed by atoms with van der Waals surface area (Å²) in [5.74, 6) is 0. The molecule has 3 rings (SSSR count). The van der Waals surface area contributed by atoms with Crippen LogP contribution in [-0.2, 0) is 12.8 Å². The van der Waals surface area contributed by atoms with E-state index in [9.17, 15) is 0 Å². The summed E-state index contributed by atoms with van der Waals surface area (Å²) in [7, 11) is 0. The lowest BCUT2D eigenvalue weighted by Gasteiger charge is -2.08. The maximum Gasteiger partial charge on any atom is -0.0175 e. The Hall–Kier alpha value is -1.82. The Morgan fingerprint density at radius 1 is 0.500 bits per heavy atom. The third-order valence-corrected chi connectivity index (χ3v) is 5.06. The van der Waals surface area contributed by atoms with Crippen LogP contribution in [0.25, 0.3) is 21.5 Å². The number of rotatable bonds is 8. The van der Waals surface area contributed by atoms with Gasteiger partial charge in [-0.2, -0.15) is 0 Å². The van der Waals surface area contributed by atoms with Crippen LogP contribution in [0, 0.1) is 0 Å². The highest BCUT2D eigenvalue weighted by atomic mass is 14.1. The van der Waals surface area contributed by atoms with Crippen molar-refractivity contribution in [2.45, 2.75) is 65.2 Å². The van der Waals surface area contributed by atoms with Gasteiger partial charge < -0.3 is 0 Å². The normalized spacial score (nSPS) is 11.4. The van der Waals surface area contributed by atoms with Gasteiger partial charge >= 0.3 is 0 Å². The highest BCUT2D eigenvalue weighted by molar-refractivity contribution is 5.98. The summed E-state index contributed by atoms with van der Waals surface area (Å²) >= 11 is 0. The minimum atomic E-state index is 1.21. The molecule has 3 aromatic rings. The molecule has 0 spiro atoms. The molecule has 0 N–H and O–H groups in total. The lowest BCUT2D eigenvalue weighted by atomic mass is 9.97. The standard InChI is InChI=1S/C24H30/c1-3-5-7-9-19-11-13-21-18-24-16-20(10-8-6-4-2)12-14-22(24)17-23(21)15-19/h11-18H,3-10H2,1-2H3. The Bertz CT molecular complexity index is 728. The third kappa shape index (κ3) is 4.17. The van der Waals surface area contributed by atoms with Crippen molar-refractivity contribution >= 4 is 21.5 Å². The second-order valence-electron chi connectivity index (χ2n) is 7.13. The monoisotopic (exact) mass is 318 g/mol. The highest BCUT2D eigenvalue weighted by Gasteiger charge is 2.02. The minimum absolute atomic E-state index is 1.21. The number of aryl methyl sites for hydroxylation is 2. The maximum absolute atomic E-state index is 2.39. The van der Waals surface area contributed by atoms with Gasteiger partial charge in [-0.25, -0.2) is 0 Å². The van der Waals surface area contributed by atoms with Crippen LogP contribution in [0.2, 0.25) is 0 Å². The molecular weight excluding hydrogens is 288 g/mol. The molecule has 0 aromatic heterocycles. The van der Waals surface area contributed by atoms with Gasteiger partial charge in [-0.1, -0.05) is 75.9 Å². The SMILES string of the molecule is CCCCCc1ccc2cc3cc(CCCCC)ccc3cc2c1. The van der Waals surface area contributed by atoms with E-state index < -0.39 is 0 Å². The molecule has 0 heteroatoms. The Morgan fingerprint density at radius 3 is 1.38 bits per heavy atom. The van der Waals surface area contributed by atoms with Gasteiger partial charge in [0, 0.05) is 0 Å². The van der Waals surface area contributed by atoms with Gasteiger partial charge in [0.1, 0.15) is 0 Å². The molecule has 3 aromatic carbocycles. The van der Waals surface area contributed by atoms with E-state index in [0.717, 1.165) is 0 Å². The summed E-state index contributed by atoms with van der Waals surface area (Å²) in [5, 5.41) is 5.50. The van der Waals surface area contributed by atoms with Gasteiger partial charge in [-0.3, -0.25) is 0 Å². The fourth-order valence-electron chi connectivity index (χ4n) is 3.57. The van der Waals surface area contributed by atoms with Crippen molar-refractivity contribution in [3.63, 3.8) is 0 Å². The quantitative estimate of drug-likeness (QED) is 0.299. The van der Waals surface area contributed by atoms with Crippen LogP contribution in [0.5, 0.6) is 0 Å². The van der Waals surface area contributed by atoms with Crippen molar-refractivity contribution in [3.8, 4) is 0 Å². The molecule has 0 atom stereocenters. The van der Waals surface area contributed by atoms with Crippen molar-refractivity contribution in [1.82, 2.24) is 0 Å². The molecule has 0 fully saturated rings. The molecule has 0 bridgehead atoms. The van der Waals surface area contributed by atoms with Gasteiger partial charge in [0.2, 0.25) is 0 Å². The summed E-state index contributed by atoms with van der Waals surface area (Å²) in [6.07, 6.45) is 10.3. The zero-order valence-corrected chi connectivity index (χ0v) is 15.3. The first-order valence-electron chi connectivity index (χ1n) is 9.75. The highest BCUT2D eigenvalue weighted by Crippen LogP contribution is 2.26. The zero-order valence-electron chi connectivity index (χ0n) is 15.3. The summed E-state index contributed by atoms with van der Waals surface area (Å²) in [6, 6.07) is 18.7. The van der Waals surface area contributed by atoms with E-state index in [1.54, 1.807) is 0 Å². The van der Waals surface area contributed by atoms with Gasteiger partial charge in [-0.05, 0) is 70.5 Å². The molecule has 0 saturated heterocycles. The van der Waals surface area contributed by atoms with E-state index in [0.29, 0.717) is 0 Å². The van der Waals surface area contributed by atoms with Crippen LogP contribution < -0.4 is 0 Å². The maximum atomic E-state index is 2.39. The first-order valence-corrected chi connectivity index (χ1v) is 9.75. The van der Waals surface area contributed by atoms with Crippen molar-refractivity contribution in [3.05, 3.63) is 59.7 Å². The van der Waals surface area contributed by atoms with Gasteiger partial charge in [0.15, 0.2) is 0 Å². The third-order valence-electron chi connectivity index (χ3n) is 5.06. The number of unbranched alkanes of at least 4 members (excludes halogenated alkanes) is 4. The van der Waals surface area contributed by atoms with Crippen LogP contribution >= 0.6 is 0 Å².